The number of hydrogen-bond donors (Lipinski definition) is 1. The number of nitrogens with one attached hydrogen (secondary N) is 1. The molecule has 1 unspecified atom stereocenters. The minimum absolute atomic E-state index is 0.129. The highest BCUT2D eigenvalue weighted by Gasteiger charge is 2.31. The number of amides is 2. The Morgan fingerprint density at radius 1 is 0.933 bits per heavy atom. The molecular weight excluding hydrogens is 376 g/mol. The number of methoxy groups -OCH3 is 1. The van der Waals surface area contributed by atoms with Gasteiger partial charge >= 0.3 is 0 Å². The van der Waals surface area contributed by atoms with Gasteiger partial charge in [0.15, 0.2) is 0 Å². The Kier molecular flexibility index (Phi) is 5.80. The summed E-state index contributed by atoms with van der Waals surface area (Å²) in [7, 11) is 1.58. The molecule has 0 aromatic heterocycles. The van der Waals surface area contributed by atoms with Gasteiger partial charge in [-0.05, 0) is 54.3 Å². The van der Waals surface area contributed by atoms with E-state index in [0.29, 0.717) is 17.9 Å². The van der Waals surface area contributed by atoms with Gasteiger partial charge in [-0.1, -0.05) is 48.5 Å². The van der Waals surface area contributed by atoms with E-state index in [-0.39, 0.29) is 11.8 Å². The Morgan fingerprint density at radius 3 is 2.37 bits per heavy atom. The highest BCUT2D eigenvalue weighted by Crippen LogP contribution is 2.29. The molecule has 4 rings (SSSR count). The molecule has 1 N–H and O–H groups in total. The number of carbonyl (C=O) groups excluding carboxylic acids is 2. The largest absolute Gasteiger partial charge is 0.497 e. The van der Waals surface area contributed by atoms with Gasteiger partial charge in [0.1, 0.15) is 11.8 Å². The predicted octanol–water partition coefficient (Wildman–Crippen LogP) is 4.15. The average Bonchev–Trinajstić information content (AvgIpc) is 2.82. The van der Waals surface area contributed by atoms with Crippen molar-refractivity contribution >= 4 is 17.5 Å². The Labute approximate surface area is 176 Å². The van der Waals surface area contributed by atoms with Gasteiger partial charge in [0.25, 0.3) is 11.8 Å². The fraction of sp³-hybridized carbons (Fsp3) is 0.200. The van der Waals surface area contributed by atoms with E-state index in [1.165, 1.54) is 0 Å². The summed E-state index contributed by atoms with van der Waals surface area (Å²) >= 11 is 0. The summed E-state index contributed by atoms with van der Waals surface area (Å²) in [5, 5.41) is 2.94. The number of hydrogen-bond acceptors (Lipinski definition) is 3. The molecular formula is C25H24N2O3. The minimum atomic E-state index is -0.771. The molecule has 0 bridgehead atoms. The van der Waals surface area contributed by atoms with Crippen LogP contribution in [0.3, 0.4) is 0 Å². The number of carbonyl (C=O) groups is 2. The van der Waals surface area contributed by atoms with Crippen molar-refractivity contribution in [1.82, 2.24) is 5.32 Å². The Balaban J connectivity index is 1.64. The van der Waals surface area contributed by atoms with Crippen LogP contribution in [0.25, 0.3) is 0 Å². The van der Waals surface area contributed by atoms with Crippen molar-refractivity contribution < 1.29 is 14.3 Å². The maximum atomic E-state index is 13.6. The Hall–Kier alpha value is -3.60. The molecule has 5 heteroatoms. The molecule has 152 valence electrons. The molecule has 1 aliphatic rings. The second kappa shape index (κ2) is 8.82. The van der Waals surface area contributed by atoms with Crippen LogP contribution < -0.4 is 15.0 Å². The smallest absolute Gasteiger partial charge is 0.254 e. The maximum absolute atomic E-state index is 13.6. The van der Waals surface area contributed by atoms with Crippen molar-refractivity contribution in [2.24, 2.45) is 0 Å². The van der Waals surface area contributed by atoms with E-state index in [0.717, 1.165) is 29.7 Å². The quantitative estimate of drug-likeness (QED) is 0.700. The molecule has 0 saturated heterocycles. The third kappa shape index (κ3) is 4.06. The topological polar surface area (TPSA) is 58.6 Å². The van der Waals surface area contributed by atoms with Gasteiger partial charge in [0, 0.05) is 17.8 Å². The molecule has 3 aromatic rings. The first-order chi connectivity index (χ1) is 14.7. The van der Waals surface area contributed by atoms with Crippen LogP contribution in [-0.4, -0.2) is 25.5 Å². The first-order valence-corrected chi connectivity index (χ1v) is 10.1. The van der Waals surface area contributed by atoms with Gasteiger partial charge < -0.3 is 15.0 Å². The number of fused-ring (bicyclic) bond motifs is 1. The van der Waals surface area contributed by atoms with Crippen LogP contribution >= 0.6 is 0 Å². The van der Waals surface area contributed by atoms with E-state index in [1.54, 1.807) is 36.3 Å². The summed E-state index contributed by atoms with van der Waals surface area (Å²) in [4.78, 5) is 28.4. The lowest BCUT2D eigenvalue weighted by Gasteiger charge is -2.32. The fourth-order valence-corrected chi connectivity index (χ4v) is 3.81. The van der Waals surface area contributed by atoms with Crippen LogP contribution in [0.5, 0.6) is 5.75 Å². The van der Waals surface area contributed by atoms with Gasteiger partial charge in [-0.15, -0.1) is 0 Å². The van der Waals surface area contributed by atoms with Crippen LogP contribution in [0, 0.1) is 0 Å². The molecule has 1 heterocycles. The second-order valence-corrected chi connectivity index (χ2v) is 7.27. The number of para-hydroxylation sites is 1. The summed E-state index contributed by atoms with van der Waals surface area (Å²) in [6, 6.07) is 23.4. The zero-order valence-corrected chi connectivity index (χ0v) is 16.9. The lowest BCUT2D eigenvalue weighted by atomic mass is 9.99. The molecule has 2 amide bonds. The Bertz CT molecular complexity index is 1030. The van der Waals surface area contributed by atoms with Crippen molar-refractivity contribution in [3.05, 3.63) is 95.6 Å². The molecule has 1 atom stereocenters. The van der Waals surface area contributed by atoms with Crippen LogP contribution in [0.1, 0.15) is 33.9 Å². The van der Waals surface area contributed by atoms with Crippen LogP contribution in [0.4, 0.5) is 5.69 Å². The predicted molar refractivity (Wildman–Crippen MR) is 117 cm³/mol. The van der Waals surface area contributed by atoms with E-state index in [2.05, 4.69) is 11.4 Å². The number of nitrogens with zero attached hydrogens (tertiary/aromatic N) is 1. The van der Waals surface area contributed by atoms with Gasteiger partial charge in [-0.3, -0.25) is 9.59 Å². The van der Waals surface area contributed by atoms with Crippen molar-refractivity contribution in [2.45, 2.75) is 18.9 Å². The van der Waals surface area contributed by atoms with Crippen LogP contribution in [0.2, 0.25) is 0 Å². The van der Waals surface area contributed by atoms with Crippen LogP contribution in [0.15, 0.2) is 78.9 Å². The lowest BCUT2D eigenvalue weighted by Crippen LogP contribution is -2.45. The zero-order chi connectivity index (χ0) is 20.9. The van der Waals surface area contributed by atoms with E-state index in [4.69, 9.17) is 4.74 Å². The minimum Gasteiger partial charge on any atom is -0.497 e. The number of ether oxygens (including phenoxy) is 1. The summed E-state index contributed by atoms with van der Waals surface area (Å²) < 4.78 is 5.16. The molecule has 30 heavy (non-hydrogen) atoms. The lowest BCUT2D eigenvalue weighted by molar-refractivity contribution is -0.120. The van der Waals surface area contributed by atoms with Gasteiger partial charge in [0.05, 0.1) is 7.11 Å². The van der Waals surface area contributed by atoms with Gasteiger partial charge in [-0.2, -0.15) is 0 Å². The third-order valence-electron chi connectivity index (χ3n) is 5.38. The maximum Gasteiger partial charge on any atom is 0.254 e. The highest BCUT2D eigenvalue weighted by molar-refractivity contribution is 6.03. The monoisotopic (exact) mass is 400 g/mol. The van der Waals surface area contributed by atoms with Crippen molar-refractivity contribution in [3.8, 4) is 5.75 Å². The SMILES string of the molecule is COc1ccc(C(=O)NC(C(=O)N2CCCc3ccccc32)c2ccccc2)cc1. The molecule has 0 spiro atoms. The van der Waals surface area contributed by atoms with E-state index < -0.39 is 6.04 Å². The summed E-state index contributed by atoms with van der Waals surface area (Å²) in [5.41, 5.74) is 3.31. The molecule has 3 aromatic carbocycles. The van der Waals surface area contributed by atoms with Gasteiger partial charge in [-0.25, -0.2) is 0 Å². The van der Waals surface area contributed by atoms with E-state index >= 15 is 0 Å². The molecule has 5 nitrogen and oxygen atoms in total. The second-order valence-electron chi connectivity index (χ2n) is 7.27. The third-order valence-corrected chi connectivity index (χ3v) is 5.38. The Morgan fingerprint density at radius 2 is 1.63 bits per heavy atom. The van der Waals surface area contributed by atoms with Crippen LogP contribution in [-0.2, 0) is 11.2 Å². The summed E-state index contributed by atoms with van der Waals surface area (Å²) in [5.74, 6) is 0.243. The summed E-state index contributed by atoms with van der Waals surface area (Å²) in [6.07, 6.45) is 1.85. The first kappa shape index (κ1) is 19.7. The van der Waals surface area contributed by atoms with E-state index in [9.17, 15) is 9.59 Å². The first-order valence-electron chi connectivity index (χ1n) is 10.1. The number of anilines is 1. The van der Waals surface area contributed by atoms with Crippen molar-refractivity contribution in [3.63, 3.8) is 0 Å². The molecule has 0 aliphatic carbocycles. The molecule has 0 saturated carbocycles. The number of benzene rings is 3. The average molecular weight is 400 g/mol. The number of rotatable bonds is 5. The zero-order valence-electron chi connectivity index (χ0n) is 16.9. The molecule has 0 radical (unpaired) electrons. The standard InChI is InChI=1S/C25H24N2O3/c1-30-21-15-13-20(14-16-21)24(28)26-23(19-9-3-2-4-10-19)25(29)27-17-7-11-18-8-5-6-12-22(18)27/h2-6,8-10,12-16,23H,7,11,17H2,1H3,(H,26,28). The molecule has 0 fully saturated rings. The number of aryl methyl sites for hydroxylation is 1. The van der Waals surface area contributed by atoms with E-state index in [1.807, 2.05) is 48.5 Å². The fourth-order valence-electron chi connectivity index (χ4n) is 3.81. The highest BCUT2D eigenvalue weighted by atomic mass is 16.5. The molecule has 1 aliphatic heterocycles. The van der Waals surface area contributed by atoms with Crippen molar-refractivity contribution in [2.75, 3.05) is 18.6 Å². The summed E-state index contributed by atoms with van der Waals surface area (Å²) in [6.45, 7) is 0.636. The van der Waals surface area contributed by atoms with Crippen molar-refractivity contribution in [1.29, 1.82) is 0 Å². The normalized spacial score (nSPS) is 13.8. The van der Waals surface area contributed by atoms with Gasteiger partial charge in [0.2, 0.25) is 0 Å².